The van der Waals surface area contributed by atoms with Gasteiger partial charge in [0.25, 0.3) is 5.91 Å². The highest BCUT2D eigenvalue weighted by Crippen LogP contribution is 2.34. The number of aromatic nitrogens is 2. The van der Waals surface area contributed by atoms with Crippen molar-refractivity contribution < 1.29 is 13.9 Å². The van der Waals surface area contributed by atoms with Crippen LogP contribution in [0, 0.1) is 11.8 Å². The van der Waals surface area contributed by atoms with Gasteiger partial charge in [0.2, 0.25) is 0 Å². The number of hydrogen-bond acceptors (Lipinski definition) is 6. The van der Waals surface area contributed by atoms with Gasteiger partial charge in [-0.25, -0.2) is 4.98 Å². The number of hydrogen-bond donors (Lipinski definition) is 1. The maximum absolute atomic E-state index is 12.1. The van der Waals surface area contributed by atoms with Gasteiger partial charge < -0.3 is 14.5 Å². The SMILES string of the molecule is O=C(NC[C@H]1CO[C@@H]2CN(Cc3ccoc3)C[C@H]12)c1cnccn1. The normalized spacial score (nSPS) is 26.4. The van der Waals surface area contributed by atoms with Gasteiger partial charge in [-0.05, 0) is 6.07 Å². The van der Waals surface area contributed by atoms with E-state index in [-0.39, 0.29) is 12.0 Å². The summed E-state index contributed by atoms with van der Waals surface area (Å²) in [4.78, 5) is 22.4. The second-order valence-corrected chi connectivity index (χ2v) is 6.42. The molecule has 0 spiro atoms. The lowest BCUT2D eigenvalue weighted by Crippen LogP contribution is -2.34. The first-order valence-electron chi connectivity index (χ1n) is 8.19. The molecule has 2 fully saturated rings. The number of likely N-dealkylation sites (tertiary alicyclic amines) is 1. The number of carbonyl (C=O) groups excluding carboxylic acids is 1. The van der Waals surface area contributed by atoms with E-state index in [2.05, 4.69) is 20.2 Å². The molecule has 7 nitrogen and oxygen atoms in total. The van der Waals surface area contributed by atoms with Crippen molar-refractivity contribution in [2.75, 3.05) is 26.2 Å². The Kier molecular flexibility index (Phi) is 4.27. The summed E-state index contributed by atoms with van der Waals surface area (Å²) in [7, 11) is 0. The molecule has 0 aromatic carbocycles. The van der Waals surface area contributed by atoms with Crippen molar-refractivity contribution in [1.29, 1.82) is 0 Å². The van der Waals surface area contributed by atoms with E-state index in [1.54, 1.807) is 18.7 Å². The summed E-state index contributed by atoms with van der Waals surface area (Å²) in [6, 6.07) is 1.99. The Hall–Kier alpha value is -2.25. The van der Waals surface area contributed by atoms with Gasteiger partial charge in [-0.2, -0.15) is 0 Å². The molecule has 126 valence electrons. The fourth-order valence-corrected chi connectivity index (χ4v) is 3.59. The van der Waals surface area contributed by atoms with Crippen molar-refractivity contribution in [3.8, 4) is 0 Å². The number of amides is 1. The van der Waals surface area contributed by atoms with Gasteiger partial charge >= 0.3 is 0 Å². The third-order valence-corrected chi connectivity index (χ3v) is 4.82. The number of ether oxygens (including phenoxy) is 1. The predicted molar refractivity (Wildman–Crippen MR) is 85.1 cm³/mol. The van der Waals surface area contributed by atoms with Gasteiger partial charge in [0, 0.05) is 56.0 Å². The van der Waals surface area contributed by atoms with E-state index in [9.17, 15) is 4.79 Å². The monoisotopic (exact) mass is 328 g/mol. The zero-order valence-corrected chi connectivity index (χ0v) is 13.3. The summed E-state index contributed by atoms with van der Waals surface area (Å²) >= 11 is 0. The summed E-state index contributed by atoms with van der Waals surface area (Å²) in [6.45, 7) is 4.11. The van der Waals surface area contributed by atoms with Crippen LogP contribution in [0.15, 0.2) is 41.6 Å². The summed E-state index contributed by atoms with van der Waals surface area (Å²) in [6.07, 6.45) is 8.30. The molecule has 3 atom stereocenters. The number of nitrogens with zero attached hydrogens (tertiary/aromatic N) is 3. The molecule has 0 bridgehead atoms. The van der Waals surface area contributed by atoms with Crippen LogP contribution in [0.5, 0.6) is 0 Å². The minimum atomic E-state index is -0.181. The summed E-state index contributed by atoms with van der Waals surface area (Å²) in [5.41, 5.74) is 1.53. The van der Waals surface area contributed by atoms with Gasteiger partial charge in [0.15, 0.2) is 0 Å². The summed E-state index contributed by atoms with van der Waals surface area (Å²) < 4.78 is 11.1. The van der Waals surface area contributed by atoms with Crippen LogP contribution < -0.4 is 5.32 Å². The van der Waals surface area contributed by atoms with Crippen molar-refractivity contribution in [2.45, 2.75) is 12.6 Å². The van der Waals surface area contributed by atoms with Crippen molar-refractivity contribution in [1.82, 2.24) is 20.2 Å². The third kappa shape index (κ3) is 3.18. The molecule has 2 aromatic rings. The van der Waals surface area contributed by atoms with Crippen LogP contribution in [0.25, 0.3) is 0 Å². The molecule has 1 N–H and O–H groups in total. The van der Waals surface area contributed by atoms with Gasteiger partial charge in [-0.1, -0.05) is 0 Å². The Morgan fingerprint density at radius 1 is 1.38 bits per heavy atom. The Labute approximate surface area is 140 Å². The first-order valence-corrected chi connectivity index (χ1v) is 8.19. The van der Waals surface area contributed by atoms with Crippen molar-refractivity contribution >= 4 is 5.91 Å². The number of nitrogens with one attached hydrogen (secondary N) is 1. The van der Waals surface area contributed by atoms with E-state index < -0.39 is 0 Å². The van der Waals surface area contributed by atoms with Crippen molar-refractivity contribution in [2.24, 2.45) is 11.8 Å². The predicted octanol–water partition coefficient (Wildman–Crippen LogP) is 0.946. The number of furan rings is 1. The lowest BCUT2D eigenvalue weighted by atomic mass is 9.93. The van der Waals surface area contributed by atoms with Crippen LogP contribution in [-0.2, 0) is 11.3 Å². The maximum Gasteiger partial charge on any atom is 0.271 e. The number of fused-ring (bicyclic) bond motifs is 1. The molecule has 24 heavy (non-hydrogen) atoms. The van der Waals surface area contributed by atoms with Crippen LogP contribution in [0.2, 0.25) is 0 Å². The molecule has 0 saturated carbocycles. The highest BCUT2D eigenvalue weighted by Gasteiger charge is 2.43. The highest BCUT2D eigenvalue weighted by atomic mass is 16.5. The molecule has 0 unspecified atom stereocenters. The van der Waals surface area contributed by atoms with Gasteiger partial charge in [0.1, 0.15) is 5.69 Å². The second-order valence-electron chi connectivity index (χ2n) is 6.42. The molecule has 2 aliphatic heterocycles. The Morgan fingerprint density at radius 3 is 3.12 bits per heavy atom. The van der Waals surface area contributed by atoms with Crippen LogP contribution >= 0.6 is 0 Å². The molecule has 4 rings (SSSR count). The molecule has 2 aliphatic rings. The van der Waals surface area contributed by atoms with E-state index in [4.69, 9.17) is 9.15 Å². The zero-order chi connectivity index (χ0) is 16.4. The summed E-state index contributed by atoms with van der Waals surface area (Å²) in [5.74, 6) is 0.615. The molecular formula is C17H20N4O3. The quantitative estimate of drug-likeness (QED) is 0.880. The van der Waals surface area contributed by atoms with Gasteiger partial charge in [-0.3, -0.25) is 14.7 Å². The lowest BCUT2D eigenvalue weighted by molar-refractivity contribution is 0.0900. The van der Waals surface area contributed by atoms with E-state index in [1.807, 2.05) is 6.07 Å². The molecule has 2 saturated heterocycles. The minimum absolute atomic E-state index is 0.181. The topological polar surface area (TPSA) is 80.5 Å². The van der Waals surface area contributed by atoms with Crippen LogP contribution in [-0.4, -0.2) is 53.1 Å². The molecule has 0 aliphatic carbocycles. The average molecular weight is 328 g/mol. The smallest absolute Gasteiger partial charge is 0.271 e. The lowest BCUT2D eigenvalue weighted by Gasteiger charge is -2.19. The Morgan fingerprint density at radius 2 is 2.33 bits per heavy atom. The first-order chi connectivity index (χ1) is 11.8. The Balaban J connectivity index is 1.30. The van der Waals surface area contributed by atoms with Crippen LogP contribution in [0.3, 0.4) is 0 Å². The van der Waals surface area contributed by atoms with E-state index in [0.717, 1.165) is 19.6 Å². The highest BCUT2D eigenvalue weighted by molar-refractivity contribution is 5.91. The van der Waals surface area contributed by atoms with E-state index in [1.165, 1.54) is 18.0 Å². The number of carbonyl (C=O) groups is 1. The largest absolute Gasteiger partial charge is 0.472 e. The molecular weight excluding hydrogens is 308 g/mol. The summed E-state index contributed by atoms with van der Waals surface area (Å²) in [5, 5.41) is 2.96. The molecule has 0 radical (unpaired) electrons. The third-order valence-electron chi connectivity index (χ3n) is 4.82. The molecule has 2 aromatic heterocycles. The molecule has 7 heteroatoms. The fourth-order valence-electron chi connectivity index (χ4n) is 3.59. The number of rotatable bonds is 5. The minimum Gasteiger partial charge on any atom is -0.472 e. The second kappa shape index (κ2) is 6.70. The maximum atomic E-state index is 12.1. The molecule has 4 heterocycles. The van der Waals surface area contributed by atoms with Gasteiger partial charge in [0.05, 0.1) is 31.4 Å². The van der Waals surface area contributed by atoms with Crippen LogP contribution in [0.4, 0.5) is 0 Å². The Bertz CT molecular complexity index is 676. The fraction of sp³-hybridized carbons (Fsp3) is 0.471. The van der Waals surface area contributed by atoms with Crippen molar-refractivity contribution in [3.63, 3.8) is 0 Å². The average Bonchev–Trinajstić information content (AvgIpc) is 3.32. The standard InChI is InChI=1S/C17H20N4O3/c22-17(15-6-18-2-3-19-15)20-5-13-11-24-16-9-21(8-14(13)16)7-12-1-4-23-10-12/h1-4,6,10,13-14,16H,5,7-9,11H2,(H,20,22)/t13-,14+,16+/m0/s1. The van der Waals surface area contributed by atoms with Gasteiger partial charge in [-0.15, -0.1) is 0 Å². The van der Waals surface area contributed by atoms with E-state index in [0.29, 0.717) is 30.7 Å². The van der Waals surface area contributed by atoms with Crippen LogP contribution in [0.1, 0.15) is 16.1 Å². The first kappa shape index (κ1) is 15.3. The zero-order valence-electron chi connectivity index (χ0n) is 13.3. The van der Waals surface area contributed by atoms with Crippen molar-refractivity contribution in [3.05, 3.63) is 48.4 Å². The van der Waals surface area contributed by atoms with E-state index >= 15 is 0 Å². The molecule has 1 amide bonds.